The molecular formula is C19H35N5S. The third-order valence-electron chi connectivity index (χ3n) is 4.70. The fourth-order valence-electron chi connectivity index (χ4n) is 3.69. The van der Waals surface area contributed by atoms with Gasteiger partial charge in [-0.3, -0.25) is 4.99 Å². The van der Waals surface area contributed by atoms with Crippen molar-refractivity contribution in [3.63, 3.8) is 0 Å². The van der Waals surface area contributed by atoms with Gasteiger partial charge in [0.25, 0.3) is 0 Å². The van der Waals surface area contributed by atoms with E-state index in [0.29, 0.717) is 0 Å². The van der Waals surface area contributed by atoms with Crippen LogP contribution >= 0.6 is 11.3 Å². The first kappa shape index (κ1) is 20.2. The van der Waals surface area contributed by atoms with Gasteiger partial charge in [-0.25, -0.2) is 4.98 Å². The Bertz CT molecular complexity index is 518. The van der Waals surface area contributed by atoms with Gasteiger partial charge in [-0.1, -0.05) is 13.8 Å². The van der Waals surface area contributed by atoms with Crippen LogP contribution in [0.15, 0.2) is 10.4 Å². The van der Waals surface area contributed by atoms with Gasteiger partial charge in [-0.05, 0) is 44.6 Å². The van der Waals surface area contributed by atoms with E-state index in [1.54, 1.807) is 11.3 Å². The van der Waals surface area contributed by atoms with Crippen LogP contribution in [0.25, 0.3) is 0 Å². The molecular weight excluding hydrogens is 330 g/mol. The van der Waals surface area contributed by atoms with Crippen molar-refractivity contribution in [1.82, 2.24) is 20.5 Å². The number of aryl methyl sites for hydroxylation is 1. The van der Waals surface area contributed by atoms with Crippen LogP contribution in [0.1, 0.15) is 43.8 Å². The van der Waals surface area contributed by atoms with Crippen molar-refractivity contribution in [2.24, 2.45) is 16.8 Å². The van der Waals surface area contributed by atoms with Crippen LogP contribution in [-0.4, -0.2) is 55.6 Å². The third kappa shape index (κ3) is 7.74. The number of hydrogen-bond donors (Lipinski definition) is 2. The lowest BCUT2D eigenvalue weighted by Gasteiger charge is -2.34. The zero-order valence-electron chi connectivity index (χ0n) is 16.3. The van der Waals surface area contributed by atoms with E-state index < -0.39 is 0 Å². The molecule has 0 bridgehead atoms. The summed E-state index contributed by atoms with van der Waals surface area (Å²) < 4.78 is 0. The maximum absolute atomic E-state index is 4.49. The molecule has 0 aromatic carbocycles. The van der Waals surface area contributed by atoms with Crippen molar-refractivity contribution in [2.45, 2.75) is 46.5 Å². The minimum absolute atomic E-state index is 0.853. The molecule has 2 unspecified atom stereocenters. The Kier molecular flexibility index (Phi) is 8.68. The molecule has 2 rings (SSSR count). The maximum atomic E-state index is 4.49. The largest absolute Gasteiger partial charge is 0.356 e. The Morgan fingerprint density at radius 2 is 1.96 bits per heavy atom. The molecule has 0 spiro atoms. The monoisotopic (exact) mass is 365 g/mol. The molecule has 1 aromatic heterocycles. The van der Waals surface area contributed by atoms with Gasteiger partial charge in [0.05, 0.1) is 10.7 Å². The molecule has 1 aromatic rings. The summed E-state index contributed by atoms with van der Waals surface area (Å²) in [7, 11) is 1.83. The van der Waals surface area contributed by atoms with Crippen molar-refractivity contribution in [3.05, 3.63) is 16.1 Å². The normalized spacial score (nSPS) is 22.2. The van der Waals surface area contributed by atoms with Gasteiger partial charge in [0.2, 0.25) is 0 Å². The van der Waals surface area contributed by atoms with E-state index >= 15 is 0 Å². The summed E-state index contributed by atoms with van der Waals surface area (Å²) in [4.78, 5) is 11.4. The Hall–Kier alpha value is -1.14. The number of aromatic nitrogens is 1. The summed E-state index contributed by atoms with van der Waals surface area (Å²) in [5, 5.41) is 10.1. The first-order valence-electron chi connectivity index (χ1n) is 9.64. The topological polar surface area (TPSA) is 52.6 Å². The molecule has 0 aliphatic carbocycles. The predicted octanol–water partition coefficient (Wildman–Crippen LogP) is 2.92. The molecule has 0 amide bonds. The van der Waals surface area contributed by atoms with Crippen LogP contribution in [-0.2, 0) is 6.42 Å². The summed E-state index contributed by atoms with van der Waals surface area (Å²) in [6, 6.07) is 0. The smallest absolute Gasteiger partial charge is 0.190 e. The summed E-state index contributed by atoms with van der Waals surface area (Å²) in [5.41, 5.74) is 1.16. The van der Waals surface area contributed by atoms with Crippen molar-refractivity contribution in [1.29, 1.82) is 0 Å². The van der Waals surface area contributed by atoms with Crippen LogP contribution in [0, 0.1) is 18.8 Å². The molecule has 2 atom stereocenters. The van der Waals surface area contributed by atoms with Crippen molar-refractivity contribution < 1.29 is 0 Å². The van der Waals surface area contributed by atoms with Crippen molar-refractivity contribution >= 4 is 17.3 Å². The second-order valence-corrected chi connectivity index (χ2v) is 8.51. The number of likely N-dealkylation sites (tertiary alicyclic amines) is 1. The first-order valence-corrected chi connectivity index (χ1v) is 10.5. The lowest BCUT2D eigenvalue weighted by molar-refractivity contribution is 0.139. The second kappa shape index (κ2) is 10.8. The lowest BCUT2D eigenvalue weighted by Crippen LogP contribution is -2.40. The fraction of sp³-hybridized carbons (Fsp3) is 0.789. The van der Waals surface area contributed by atoms with E-state index in [-0.39, 0.29) is 0 Å². The average molecular weight is 366 g/mol. The summed E-state index contributed by atoms with van der Waals surface area (Å²) in [5.74, 6) is 2.60. The van der Waals surface area contributed by atoms with E-state index in [9.17, 15) is 0 Å². The van der Waals surface area contributed by atoms with E-state index in [0.717, 1.165) is 48.0 Å². The van der Waals surface area contributed by atoms with Crippen LogP contribution in [0.5, 0.6) is 0 Å². The highest BCUT2D eigenvalue weighted by atomic mass is 32.1. The molecule has 2 N–H and O–H groups in total. The summed E-state index contributed by atoms with van der Waals surface area (Å²) >= 11 is 1.71. The van der Waals surface area contributed by atoms with Crippen LogP contribution in [0.4, 0.5) is 0 Å². The fourth-order valence-corrected chi connectivity index (χ4v) is 4.34. The zero-order valence-corrected chi connectivity index (χ0v) is 17.2. The minimum Gasteiger partial charge on any atom is -0.356 e. The average Bonchev–Trinajstić information content (AvgIpc) is 2.97. The van der Waals surface area contributed by atoms with E-state index in [1.165, 1.54) is 38.9 Å². The van der Waals surface area contributed by atoms with E-state index in [4.69, 9.17) is 0 Å². The predicted molar refractivity (Wildman–Crippen MR) is 109 cm³/mol. The summed E-state index contributed by atoms with van der Waals surface area (Å²) in [6.45, 7) is 12.4. The summed E-state index contributed by atoms with van der Waals surface area (Å²) in [6.07, 6.45) is 4.77. The van der Waals surface area contributed by atoms with Crippen LogP contribution < -0.4 is 10.6 Å². The second-order valence-electron chi connectivity index (χ2n) is 7.45. The number of thiazole rings is 1. The molecule has 142 valence electrons. The number of nitrogens with one attached hydrogen (secondary N) is 2. The van der Waals surface area contributed by atoms with Crippen molar-refractivity contribution in [2.75, 3.05) is 39.8 Å². The minimum atomic E-state index is 0.853. The number of nitrogens with zero attached hydrogens (tertiary/aromatic N) is 3. The highest BCUT2D eigenvalue weighted by Gasteiger charge is 2.20. The van der Waals surface area contributed by atoms with Gasteiger partial charge < -0.3 is 15.5 Å². The number of unbranched alkanes of at least 4 members (excludes halogenated alkanes) is 1. The number of hydrogen-bond acceptors (Lipinski definition) is 4. The molecule has 2 heterocycles. The Morgan fingerprint density at radius 1 is 1.24 bits per heavy atom. The van der Waals surface area contributed by atoms with E-state index in [1.807, 2.05) is 14.0 Å². The maximum Gasteiger partial charge on any atom is 0.190 e. The molecule has 0 saturated carbocycles. The molecule has 1 aliphatic rings. The molecule has 1 aliphatic heterocycles. The van der Waals surface area contributed by atoms with Crippen LogP contribution in [0.2, 0.25) is 0 Å². The van der Waals surface area contributed by atoms with Gasteiger partial charge in [0.1, 0.15) is 0 Å². The Labute approximate surface area is 157 Å². The van der Waals surface area contributed by atoms with E-state index in [2.05, 4.69) is 44.7 Å². The number of rotatable bonds is 8. The molecule has 1 fully saturated rings. The Morgan fingerprint density at radius 3 is 2.60 bits per heavy atom. The molecule has 6 heteroatoms. The first-order chi connectivity index (χ1) is 12.1. The highest BCUT2D eigenvalue weighted by molar-refractivity contribution is 7.09. The number of aliphatic imine (C=N–C) groups is 1. The molecule has 25 heavy (non-hydrogen) atoms. The highest BCUT2D eigenvalue weighted by Crippen LogP contribution is 2.20. The quantitative estimate of drug-likeness (QED) is 0.422. The molecule has 1 saturated heterocycles. The number of piperidine rings is 1. The van der Waals surface area contributed by atoms with Gasteiger partial charge in [-0.2, -0.15) is 0 Å². The van der Waals surface area contributed by atoms with Crippen molar-refractivity contribution in [3.8, 4) is 0 Å². The number of guanidine groups is 1. The zero-order chi connectivity index (χ0) is 18.1. The van der Waals surface area contributed by atoms with Gasteiger partial charge in [-0.15, -0.1) is 11.3 Å². The van der Waals surface area contributed by atoms with Gasteiger partial charge in [0.15, 0.2) is 5.96 Å². The Balaban J connectivity index is 1.53. The van der Waals surface area contributed by atoms with Gasteiger partial charge >= 0.3 is 0 Å². The molecule has 5 nitrogen and oxygen atoms in total. The standard InChI is InChI=1S/C19H35N5S/c1-15-11-16(2)13-24(12-15)10-6-5-8-21-19(20-4)22-9-7-18-14-25-17(3)23-18/h14-16H,5-13H2,1-4H3,(H2,20,21,22). The lowest BCUT2D eigenvalue weighted by atomic mass is 9.92. The third-order valence-corrected chi connectivity index (χ3v) is 5.52. The molecule has 0 radical (unpaired) electrons. The van der Waals surface area contributed by atoms with Gasteiger partial charge in [0, 0.05) is 45.0 Å². The van der Waals surface area contributed by atoms with Crippen LogP contribution in [0.3, 0.4) is 0 Å². The SMILES string of the molecule is CN=C(NCCCCN1CC(C)CC(C)C1)NCCc1csc(C)n1.